The summed E-state index contributed by atoms with van der Waals surface area (Å²) in [6.07, 6.45) is 5.03. The monoisotopic (exact) mass is 303 g/mol. The third-order valence-electron chi connectivity index (χ3n) is 5.04. The molecule has 22 heavy (non-hydrogen) atoms. The molecule has 0 bridgehead atoms. The number of carboxylic acids is 1. The van der Waals surface area contributed by atoms with Gasteiger partial charge < -0.3 is 9.84 Å². The van der Waals surface area contributed by atoms with Crippen LogP contribution in [0.15, 0.2) is 24.3 Å². The molecule has 2 atom stereocenters. The second-order valence-corrected chi connectivity index (χ2v) is 6.38. The molecule has 2 fully saturated rings. The first-order chi connectivity index (χ1) is 10.8. The van der Waals surface area contributed by atoms with Crippen LogP contribution >= 0.6 is 0 Å². The standard InChI is InChI=1S/C18H25NO3/c20-18(21)13-14-5-1-2-6-15(14)16-7-3-4-8-17(16)19-9-11-22-12-10-19/h1-2,5-6,16-17H,3-4,7-13H2,(H,20,21). The number of hydrogen-bond acceptors (Lipinski definition) is 3. The number of hydrogen-bond donors (Lipinski definition) is 1. The van der Waals surface area contributed by atoms with E-state index in [2.05, 4.69) is 11.0 Å². The molecular formula is C18H25NO3. The Kier molecular flexibility index (Phi) is 5.11. The van der Waals surface area contributed by atoms with Crippen molar-refractivity contribution in [2.75, 3.05) is 26.3 Å². The van der Waals surface area contributed by atoms with E-state index in [0.717, 1.165) is 31.9 Å². The molecule has 1 saturated carbocycles. The number of carbonyl (C=O) groups is 1. The second kappa shape index (κ2) is 7.25. The Morgan fingerprint density at radius 1 is 1.18 bits per heavy atom. The van der Waals surface area contributed by atoms with Crippen LogP contribution in [0.25, 0.3) is 0 Å². The van der Waals surface area contributed by atoms with Gasteiger partial charge in [0.2, 0.25) is 0 Å². The fourth-order valence-electron chi connectivity index (χ4n) is 4.04. The number of rotatable bonds is 4. The molecule has 1 heterocycles. The van der Waals surface area contributed by atoms with Gasteiger partial charge in [0, 0.05) is 19.1 Å². The predicted molar refractivity (Wildman–Crippen MR) is 85.2 cm³/mol. The highest BCUT2D eigenvalue weighted by atomic mass is 16.5. The van der Waals surface area contributed by atoms with E-state index in [-0.39, 0.29) is 6.42 Å². The summed E-state index contributed by atoms with van der Waals surface area (Å²) < 4.78 is 5.49. The van der Waals surface area contributed by atoms with E-state index in [1.807, 2.05) is 18.2 Å². The van der Waals surface area contributed by atoms with Gasteiger partial charge in [0.25, 0.3) is 0 Å². The molecule has 0 spiro atoms. The van der Waals surface area contributed by atoms with Crippen molar-refractivity contribution >= 4 is 5.97 Å². The van der Waals surface area contributed by atoms with Gasteiger partial charge >= 0.3 is 5.97 Å². The van der Waals surface area contributed by atoms with Gasteiger partial charge in [-0.15, -0.1) is 0 Å². The summed E-state index contributed by atoms with van der Waals surface area (Å²) in [6.45, 7) is 3.64. The van der Waals surface area contributed by atoms with Gasteiger partial charge in [0.1, 0.15) is 0 Å². The molecule has 4 heteroatoms. The van der Waals surface area contributed by atoms with Crippen molar-refractivity contribution in [3.63, 3.8) is 0 Å². The maximum absolute atomic E-state index is 11.2. The van der Waals surface area contributed by atoms with E-state index in [4.69, 9.17) is 4.74 Å². The lowest BCUT2D eigenvalue weighted by Gasteiger charge is -2.42. The number of morpholine rings is 1. The lowest BCUT2D eigenvalue weighted by atomic mass is 9.77. The molecule has 1 saturated heterocycles. The Balaban J connectivity index is 1.85. The van der Waals surface area contributed by atoms with Gasteiger partial charge in [0.05, 0.1) is 19.6 Å². The van der Waals surface area contributed by atoms with Gasteiger partial charge in [-0.3, -0.25) is 9.69 Å². The van der Waals surface area contributed by atoms with Gasteiger partial charge in [0.15, 0.2) is 0 Å². The second-order valence-electron chi connectivity index (χ2n) is 6.38. The Labute approximate surface area is 132 Å². The zero-order valence-corrected chi connectivity index (χ0v) is 13.0. The molecule has 1 aromatic rings. The lowest BCUT2D eigenvalue weighted by Crippen LogP contribution is -2.47. The fraction of sp³-hybridized carbons (Fsp3) is 0.611. The van der Waals surface area contributed by atoms with E-state index in [9.17, 15) is 9.90 Å². The maximum atomic E-state index is 11.2. The topological polar surface area (TPSA) is 49.8 Å². The molecular weight excluding hydrogens is 278 g/mol. The van der Waals surface area contributed by atoms with Gasteiger partial charge in [-0.2, -0.15) is 0 Å². The molecule has 0 radical (unpaired) electrons. The first kappa shape index (κ1) is 15.5. The third kappa shape index (κ3) is 3.50. The minimum atomic E-state index is -0.744. The van der Waals surface area contributed by atoms with E-state index in [1.54, 1.807) is 0 Å². The number of benzene rings is 1. The van der Waals surface area contributed by atoms with Gasteiger partial charge in [-0.05, 0) is 29.9 Å². The van der Waals surface area contributed by atoms with E-state index >= 15 is 0 Å². The zero-order chi connectivity index (χ0) is 15.4. The van der Waals surface area contributed by atoms with Crippen molar-refractivity contribution in [1.82, 2.24) is 4.90 Å². The van der Waals surface area contributed by atoms with Crippen LogP contribution < -0.4 is 0 Å². The normalized spacial score (nSPS) is 26.7. The summed E-state index contributed by atoms with van der Waals surface area (Å²) >= 11 is 0. The average molecular weight is 303 g/mol. The lowest BCUT2D eigenvalue weighted by molar-refractivity contribution is -0.136. The molecule has 2 aliphatic rings. The molecule has 3 rings (SSSR count). The molecule has 120 valence electrons. The van der Waals surface area contributed by atoms with Gasteiger partial charge in [-0.1, -0.05) is 37.1 Å². The Morgan fingerprint density at radius 3 is 2.68 bits per heavy atom. The summed E-state index contributed by atoms with van der Waals surface area (Å²) in [5.41, 5.74) is 2.24. The maximum Gasteiger partial charge on any atom is 0.307 e. The Morgan fingerprint density at radius 2 is 1.91 bits per heavy atom. The highest BCUT2D eigenvalue weighted by Crippen LogP contribution is 2.38. The van der Waals surface area contributed by atoms with Crippen LogP contribution in [-0.4, -0.2) is 48.3 Å². The van der Waals surface area contributed by atoms with Crippen molar-refractivity contribution in [3.8, 4) is 0 Å². The van der Waals surface area contributed by atoms with Gasteiger partial charge in [-0.25, -0.2) is 0 Å². The van der Waals surface area contributed by atoms with E-state index in [0.29, 0.717) is 12.0 Å². The van der Waals surface area contributed by atoms with Crippen molar-refractivity contribution in [3.05, 3.63) is 35.4 Å². The number of carboxylic acid groups (broad SMARTS) is 1. The smallest absolute Gasteiger partial charge is 0.307 e. The van der Waals surface area contributed by atoms with Crippen molar-refractivity contribution in [2.45, 2.75) is 44.1 Å². The molecule has 1 aliphatic carbocycles. The average Bonchev–Trinajstić information content (AvgIpc) is 2.56. The summed E-state index contributed by atoms with van der Waals surface area (Å²) in [6, 6.07) is 8.66. The van der Waals surface area contributed by atoms with Crippen molar-refractivity contribution in [1.29, 1.82) is 0 Å². The zero-order valence-electron chi connectivity index (χ0n) is 13.0. The molecule has 2 unspecified atom stereocenters. The van der Waals surface area contributed by atoms with E-state index < -0.39 is 5.97 Å². The highest BCUT2D eigenvalue weighted by molar-refractivity contribution is 5.70. The summed E-state index contributed by atoms with van der Waals surface area (Å²) in [5, 5.41) is 9.18. The largest absolute Gasteiger partial charge is 0.481 e. The predicted octanol–water partition coefficient (Wildman–Crippen LogP) is 2.67. The van der Waals surface area contributed by atoms with Crippen molar-refractivity contribution in [2.24, 2.45) is 0 Å². The number of ether oxygens (including phenoxy) is 1. The van der Waals surface area contributed by atoms with Crippen LogP contribution in [0, 0.1) is 0 Å². The van der Waals surface area contributed by atoms with Crippen LogP contribution in [0.4, 0.5) is 0 Å². The molecule has 4 nitrogen and oxygen atoms in total. The quantitative estimate of drug-likeness (QED) is 0.929. The van der Waals surface area contributed by atoms with Crippen LogP contribution in [-0.2, 0) is 16.0 Å². The molecule has 1 aromatic carbocycles. The molecule has 1 aliphatic heterocycles. The Bertz CT molecular complexity index is 511. The summed E-state index contributed by atoms with van der Waals surface area (Å²) in [7, 11) is 0. The first-order valence-electron chi connectivity index (χ1n) is 8.37. The number of nitrogens with zero attached hydrogens (tertiary/aromatic N) is 1. The van der Waals surface area contributed by atoms with Crippen LogP contribution in [0.5, 0.6) is 0 Å². The molecule has 0 aromatic heterocycles. The van der Waals surface area contributed by atoms with Crippen molar-refractivity contribution < 1.29 is 14.6 Å². The van der Waals surface area contributed by atoms with Crippen LogP contribution in [0.3, 0.4) is 0 Å². The van der Waals surface area contributed by atoms with E-state index in [1.165, 1.54) is 31.2 Å². The minimum absolute atomic E-state index is 0.127. The molecule has 1 N–H and O–H groups in total. The number of aliphatic carboxylic acids is 1. The fourth-order valence-corrected chi connectivity index (χ4v) is 4.04. The SMILES string of the molecule is O=C(O)Cc1ccccc1C1CCCCC1N1CCOCC1. The summed E-state index contributed by atoms with van der Waals surface area (Å²) in [5.74, 6) is -0.284. The van der Waals surface area contributed by atoms with Crippen LogP contribution in [0.2, 0.25) is 0 Å². The molecule has 0 amide bonds. The minimum Gasteiger partial charge on any atom is -0.481 e. The highest BCUT2D eigenvalue weighted by Gasteiger charge is 2.33. The Hall–Kier alpha value is -1.39. The third-order valence-corrected chi connectivity index (χ3v) is 5.04. The first-order valence-corrected chi connectivity index (χ1v) is 8.37. The van der Waals surface area contributed by atoms with Crippen LogP contribution in [0.1, 0.15) is 42.7 Å². The summed E-state index contributed by atoms with van der Waals surface area (Å²) in [4.78, 5) is 13.7.